The maximum Gasteiger partial charge on any atom is 0.000686 e. The third-order valence-electron chi connectivity index (χ3n) is 5.02. The highest BCUT2D eigenvalue weighted by Gasteiger charge is 2.47. The van der Waals surface area contributed by atoms with Gasteiger partial charge in [0.2, 0.25) is 0 Å². The molecule has 1 aliphatic carbocycles. The molecule has 0 aliphatic heterocycles. The second-order valence-electron chi connectivity index (χ2n) is 7.52. The van der Waals surface area contributed by atoms with Gasteiger partial charge in [0.25, 0.3) is 0 Å². The van der Waals surface area contributed by atoms with Crippen molar-refractivity contribution in [2.45, 2.75) is 59.8 Å². The maximum absolute atomic E-state index is 2.43. The molecule has 18 heavy (non-hydrogen) atoms. The molecule has 0 N–H and O–H groups in total. The second kappa shape index (κ2) is 4.40. The molecule has 0 saturated carbocycles. The third-order valence-corrected chi connectivity index (χ3v) is 5.02. The molecular formula is C18H28. The maximum atomic E-state index is 2.43. The van der Waals surface area contributed by atoms with Crippen molar-refractivity contribution < 1.29 is 0 Å². The van der Waals surface area contributed by atoms with Gasteiger partial charge < -0.3 is 0 Å². The molecule has 0 fully saturated rings. The molecule has 0 heteroatoms. The Morgan fingerprint density at radius 3 is 2.06 bits per heavy atom. The minimum atomic E-state index is 0.346. The van der Waals surface area contributed by atoms with Crippen molar-refractivity contribution in [2.24, 2.45) is 17.3 Å². The van der Waals surface area contributed by atoms with E-state index in [0.29, 0.717) is 22.7 Å². The van der Waals surface area contributed by atoms with Gasteiger partial charge in [-0.1, -0.05) is 65.8 Å². The van der Waals surface area contributed by atoms with Crippen LogP contribution in [0.5, 0.6) is 0 Å². The Kier molecular flexibility index (Phi) is 3.34. The van der Waals surface area contributed by atoms with Gasteiger partial charge in [0.05, 0.1) is 0 Å². The van der Waals surface area contributed by atoms with Gasteiger partial charge in [0.1, 0.15) is 0 Å². The van der Waals surface area contributed by atoms with Gasteiger partial charge in [-0.25, -0.2) is 0 Å². The number of hydrogen-bond donors (Lipinski definition) is 0. The highest BCUT2D eigenvalue weighted by atomic mass is 14.5. The molecule has 0 spiro atoms. The first-order valence-electron chi connectivity index (χ1n) is 7.38. The number of hydrogen-bond acceptors (Lipinski definition) is 0. The fourth-order valence-electron chi connectivity index (χ4n) is 4.29. The first-order chi connectivity index (χ1) is 8.29. The van der Waals surface area contributed by atoms with Gasteiger partial charge in [0, 0.05) is 5.41 Å². The molecule has 0 atom stereocenters. The smallest absolute Gasteiger partial charge is 0.000686 e. The van der Waals surface area contributed by atoms with Crippen molar-refractivity contribution in [1.82, 2.24) is 0 Å². The lowest BCUT2D eigenvalue weighted by atomic mass is 9.53. The summed E-state index contributed by atoms with van der Waals surface area (Å²) in [6, 6.07) is 9.14. The van der Waals surface area contributed by atoms with Crippen LogP contribution in [0.3, 0.4) is 0 Å². The Bertz CT molecular complexity index is 415. The monoisotopic (exact) mass is 244 g/mol. The van der Waals surface area contributed by atoms with Crippen molar-refractivity contribution >= 4 is 0 Å². The summed E-state index contributed by atoms with van der Waals surface area (Å²) < 4.78 is 0. The molecule has 0 amide bonds. The zero-order chi connectivity index (χ0) is 13.6. The van der Waals surface area contributed by atoms with Crippen molar-refractivity contribution in [1.29, 1.82) is 0 Å². The Morgan fingerprint density at radius 1 is 0.944 bits per heavy atom. The van der Waals surface area contributed by atoms with Crippen molar-refractivity contribution in [3.05, 3.63) is 35.4 Å². The molecule has 100 valence electrons. The Hall–Kier alpha value is -0.780. The first kappa shape index (κ1) is 13.6. The molecule has 0 radical (unpaired) electrons. The van der Waals surface area contributed by atoms with Crippen LogP contribution in [0.4, 0.5) is 0 Å². The summed E-state index contributed by atoms with van der Waals surface area (Å²) >= 11 is 0. The predicted molar refractivity (Wildman–Crippen MR) is 79.9 cm³/mol. The minimum Gasteiger partial charge on any atom is -0.0620 e. The molecule has 1 aliphatic rings. The van der Waals surface area contributed by atoms with Crippen molar-refractivity contribution in [2.75, 3.05) is 0 Å². The molecule has 1 aromatic carbocycles. The van der Waals surface area contributed by atoms with Gasteiger partial charge in [-0.05, 0) is 41.2 Å². The quantitative estimate of drug-likeness (QED) is 0.670. The summed E-state index contributed by atoms with van der Waals surface area (Å²) in [5.41, 5.74) is 3.96. The molecule has 0 nitrogen and oxygen atoms in total. The minimum absolute atomic E-state index is 0.346. The van der Waals surface area contributed by atoms with E-state index in [4.69, 9.17) is 0 Å². The standard InChI is InChI=1S/C18H28/c1-13(2)18(14(3)4)12-17(5,6)11-15-9-7-8-10-16(15)18/h7-10,13-14H,11-12H2,1-6H3. The summed E-state index contributed by atoms with van der Waals surface area (Å²) in [5, 5.41) is 0. The van der Waals surface area contributed by atoms with Crippen LogP contribution in [0.1, 0.15) is 59.1 Å². The summed E-state index contributed by atoms with van der Waals surface area (Å²) in [7, 11) is 0. The Balaban J connectivity index is 2.65. The summed E-state index contributed by atoms with van der Waals surface area (Å²) in [6.07, 6.45) is 2.54. The highest BCUT2D eigenvalue weighted by Crippen LogP contribution is 2.53. The fraction of sp³-hybridized carbons (Fsp3) is 0.667. The lowest BCUT2D eigenvalue weighted by Gasteiger charge is -2.51. The van der Waals surface area contributed by atoms with E-state index in [9.17, 15) is 0 Å². The summed E-state index contributed by atoms with van der Waals surface area (Å²) in [4.78, 5) is 0. The van der Waals surface area contributed by atoms with Gasteiger partial charge in [0.15, 0.2) is 0 Å². The lowest BCUT2D eigenvalue weighted by molar-refractivity contribution is 0.111. The summed E-state index contributed by atoms with van der Waals surface area (Å²) in [5.74, 6) is 1.39. The molecule has 2 rings (SSSR count). The Labute approximate surface area is 113 Å². The number of benzene rings is 1. The van der Waals surface area contributed by atoms with Gasteiger partial charge in [-0.3, -0.25) is 0 Å². The molecule has 0 unspecified atom stereocenters. The Morgan fingerprint density at radius 2 is 1.50 bits per heavy atom. The van der Waals surface area contributed by atoms with Crippen LogP contribution >= 0.6 is 0 Å². The SMILES string of the molecule is CC(C)C1(C(C)C)CC(C)(C)Cc2ccccc21. The number of rotatable bonds is 2. The zero-order valence-electron chi connectivity index (χ0n) is 12.9. The normalized spacial score (nSPS) is 21.1. The van der Waals surface area contributed by atoms with Crippen LogP contribution in [0.2, 0.25) is 0 Å². The van der Waals surface area contributed by atoms with Crippen LogP contribution in [-0.4, -0.2) is 0 Å². The van der Waals surface area contributed by atoms with E-state index in [1.165, 1.54) is 12.8 Å². The number of fused-ring (bicyclic) bond motifs is 1. The first-order valence-corrected chi connectivity index (χ1v) is 7.38. The average Bonchev–Trinajstić information content (AvgIpc) is 2.25. The van der Waals surface area contributed by atoms with E-state index in [0.717, 1.165) is 0 Å². The largest absolute Gasteiger partial charge is 0.0620 e. The van der Waals surface area contributed by atoms with Crippen molar-refractivity contribution in [3.8, 4) is 0 Å². The molecule has 0 aromatic heterocycles. The molecule has 0 heterocycles. The molecule has 1 aromatic rings. The van der Waals surface area contributed by atoms with Crippen molar-refractivity contribution in [3.63, 3.8) is 0 Å². The highest BCUT2D eigenvalue weighted by molar-refractivity contribution is 5.39. The van der Waals surface area contributed by atoms with Gasteiger partial charge in [-0.2, -0.15) is 0 Å². The second-order valence-corrected chi connectivity index (χ2v) is 7.52. The van der Waals surface area contributed by atoms with Crippen LogP contribution in [0, 0.1) is 17.3 Å². The molecule has 0 bridgehead atoms. The fourth-order valence-corrected chi connectivity index (χ4v) is 4.29. The van der Waals surface area contributed by atoms with Crippen LogP contribution in [0.25, 0.3) is 0 Å². The van der Waals surface area contributed by atoms with Crippen LogP contribution in [0.15, 0.2) is 24.3 Å². The van der Waals surface area contributed by atoms with E-state index < -0.39 is 0 Å². The third kappa shape index (κ3) is 2.00. The zero-order valence-corrected chi connectivity index (χ0v) is 12.9. The van der Waals surface area contributed by atoms with E-state index in [2.05, 4.69) is 65.8 Å². The van der Waals surface area contributed by atoms with E-state index in [1.807, 2.05) is 0 Å². The molecular weight excluding hydrogens is 216 g/mol. The average molecular weight is 244 g/mol. The van der Waals surface area contributed by atoms with Gasteiger partial charge >= 0.3 is 0 Å². The van der Waals surface area contributed by atoms with E-state index in [1.54, 1.807) is 11.1 Å². The molecule has 0 saturated heterocycles. The van der Waals surface area contributed by atoms with E-state index >= 15 is 0 Å². The van der Waals surface area contributed by atoms with Crippen LogP contribution in [-0.2, 0) is 11.8 Å². The van der Waals surface area contributed by atoms with Gasteiger partial charge in [-0.15, -0.1) is 0 Å². The van der Waals surface area contributed by atoms with E-state index in [-0.39, 0.29) is 0 Å². The predicted octanol–water partition coefficient (Wildman–Crippen LogP) is 5.21. The van der Waals surface area contributed by atoms with Crippen LogP contribution < -0.4 is 0 Å². The topological polar surface area (TPSA) is 0 Å². The lowest BCUT2D eigenvalue weighted by Crippen LogP contribution is -2.46. The summed E-state index contributed by atoms with van der Waals surface area (Å²) in [6.45, 7) is 14.5.